The molecule has 3 heteroatoms. The van der Waals surface area contributed by atoms with Crippen LogP contribution in [0.25, 0.3) is 0 Å². The summed E-state index contributed by atoms with van der Waals surface area (Å²) < 4.78 is 5.73. The number of hydrogen-bond acceptors (Lipinski definition) is 3. The van der Waals surface area contributed by atoms with Crippen molar-refractivity contribution in [1.29, 1.82) is 0 Å². The fraction of sp³-hybridized carbons (Fsp3) is 1.00. The van der Waals surface area contributed by atoms with E-state index in [1.165, 1.54) is 12.8 Å². The van der Waals surface area contributed by atoms with Crippen molar-refractivity contribution in [3.05, 3.63) is 0 Å². The Labute approximate surface area is 120 Å². The highest BCUT2D eigenvalue weighted by Gasteiger charge is 2.16. The largest absolute Gasteiger partial charge is 0.381 e. The summed E-state index contributed by atoms with van der Waals surface area (Å²) in [5.41, 5.74) is 0.482. The van der Waals surface area contributed by atoms with Crippen molar-refractivity contribution in [2.24, 2.45) is 0 Å². The summed E-state index contributed by atoms with van der Waals surface area (Å²) in [5.74, 6) is 0. The van der Waals surface area contributed by atoms with E-state index in [2.05, 4.69) is 52.2 Å². The molecule has 0 unspecified atom stereocenters. The maximum Gasteiger partial charge on any atom is 0.0466 e. The SMILES string of the molecule is CCNC(C)(C)CCCOCCCC(C)(C)NCC. The van der Waals surface area contributed by atoms with E-state index in [0.717, 1.165) is 39.1 Å². The maximum absolute atomic E-state index is 5.73. The van der Waals surface area contributed by atoms with Crippen LogP contribution in [0.5, 0.6) is 0 Å². The Kier molecular flexibility index (Phi) is 9.67. The van der Waals surface area contributed by atoms with Gasteiger partial charge < -0.3 is 15.4 Å². The fourth-order valence-corrected chi connectivity index (χ4v) is 2.47. The predicted octanol–water partition coefficient (Wildman–Crippen LogP) is 3.34. The predicted molar refractivity (Wildman–Crippen MR) is 84.8 cm³/mol. The molecule has 2 N–H and O–H groups in total. The summed E-state index contributed by atoms with van der Waals surface area (Å²) in [6.45, 7) is 17.2. The van der Waals surface area contributed by atoms with Crippen molar-refractivity contribution in [2.75, 3.05) is 26.3 Å². The van der Waals surface area contributed by atoms with Gasteiger partial charge in [0.1, 0.15) is 0 Å². The smallest absolute Gasteiger partial charge is 0.0466 e. The van der Waals surface area contributed by atoms with Gasteiger partial charge in [-0.25, -0.2) is 0 Å². The molecule has 19 heavy (non-hydrogen) atoms. The lowest BCUT2D eigenvalue weighted by Gasteiger charge is -2.26. The van der Waals surface area contributed by atoms with E-state index in [4.69, 9.17) is 4.74 Å². The maximum atomic E-state index is 5.73. The normalized spacial score (nSPS) is 12.9. The average Bonchev–Trinajstić information content (AvgIpc) is 2.27. The second kappa shape index (κ2) is 9.73. The molecule has 0 amide bonds. The van der Waals surface area contributed by atoms with E-state index in [1.54, 1.807) is 0 Å². The summed E-state index contributed by atoms with van der Waals surface area (Å²) in [5, 5.41) is 6.99. The average molecular weight is 272 g/mol. The molecule has 0 aromatic carbocycles. The molecule has 0 saturated heterocycles. The second-order valence-corrected chi connectivity index (χ2v) is 6.65. The molecule has 0 aliphatic rings. The Balaban J connectivity index is 3.46. The molecule has 0 aromatic heterocycles. The van der Waals surface area contributed by atoms with Crippen LogP contribution in [0.4, 0.5) is 0 Å². The summed E-state index contributed by atoms with van der Waals surface area (Å²) >= 11 is 0. The number of nitrogens with one attached hydrogen (secondary N) is 2. The first kappa shape index (κ1) is 18.9. The molecule has 0 aliphatic carbocycles. The van der Waals surface area contributed by atoms with Gasteiger partial charge in [-0.2, -0.15) is 0 Å². The van der Waals surface area contributed by atoms with Gasteiger partial charge in [0.05, 0.1) is 0 Å². The van der Waals surface area contributed by atoms with E-state index in [-0.39, 0.29) is 11.1 Å². The van der Waals surface area contributed by atoms with Crippen LogP contribution in [-0.2, 0) is 4.74 Å². The molecule has 0 saturated carbocycles. The summed E-state index contributed by atoms with van der Waals surface area (Å²) in [6.07, 6.45) is 4.61. The number of ether oxygens (including phenoxy) is 1. The van der Waals surface area contributed by atoms with Crippen LogP contribution >= 0.6 is 0 Å². The van der Waals surface area contributed by atoms with Crippen molar-refractivity contribution in [3.63, 3.8) is 0 Å². The van der Waals surface area contributed by atoms with Gasteiger partial charge in [0.2, 0.25) is 0 Å². The van der Waals surface area contributed by atoms with Crippen LogP contribution in [0, 0.1) is 0 Å². The molecule has 3 nitrogen and oxygen atoms in total. The Morgan fingerprint density at radius 2 is 1.11 bits per heavy atom. The minimum atomic E-state index is 0.241. The quantitative estimate of drug-likeness (QED) is 0.535. The van der Waals surface area contributed by atoms with E-state index in [9.17, 15) is 0 Å². The Bertz CT molecular complexity index is 193. The van der Waals surface area contributed by atoms with Gasteiger partial charge in [0, 0.05) is 24.3 Å². The third-order valence-electron chi connectivity index (χ3n) is 3.49. The molecule has 0 heterocycles. The highest BCUT2D eigenvalue weighted by molar-refractivity contribution is 4.77. The second-order valence-electron chi connectivity index (χ2n) is 6.65. The van der Waals surface area contributed by atoms with E-state index >= 15 is 0 Å². The highest BCUT2D eigenvalue weighted by Crippen LogP contribution is 2.12. The summed E-state index contributed by atoms with van der Waals surface area (Å²) in [4.78, 5) is 0. The molecule has 116 valence electrons. The molecular weight excluding hydrogens is 236 g/mol. The highest BCUT2D eigenvalue weighted by atomic mass is 16.5. The lowest BCUT2D eigenvalue weighted by molar-refractivity contribution is 0.115. The topological polar surface area (TPSA) is 33.3 Å². The molecule has 0 aromatic rings. The Morgan fingerprint density at radius 1 is 0.737 bits per heavy atom. The Morgan fingerprint density at radius 3 is 1.42 bits per heavy atom. The van der Waals surface area contributed by atoms with Crippen molar-refractivity contribution in [1.82, 2.24) is 10.6 Å². The zero-order valence-electron chi connectivity index (χ0n) is 14.1. The van der Waals surface area contributed by atoms with Crippen LogP contribution in [0.15, 0.2) is 0 Å². The van der Waals surface area contributed by atoms with Gasteiger partial charge in [-0.1, -0.05) is 13.8 Å². The molecular formula is C16H36N2O. The van der Waals surface area contributed by atoms with Crippen molar-refractivity contribution >= 4 is 0 Å². The molecule has 0 atom stereocenters. The molecule has 0 radical (unpaired) electrons. The molecule has 0 fully saturated rings. The Hall–Kier alpha value is -0.120. The van der Waals surface area contributed by atoms with Crippen molar-refractivity contribution in [3.8, 4) is 0 Å². The van der Waals surface area contributed by atoms with Crippen LogP contribution in [0.1, 0.15) is 67.2 Å². The standard InChI is InChI=1S/C16H36N2O/c1-7-17-15(3,4)11-9-13-19-14-10-12-16(5,6)18-8-2/h17-18H,7-14H2,1-6H3. The minimum Gasteiger partial charge on any atom is -0.381 e. The molecule has 0 bridgehead atoms. The zero-order chi connectivity index (χ0) is 14.8. The van der Waals surface area contributed by atoms with Gasteiger partial charge in [-0.05, 0) is 66.5 Å². The molecule has 0 rings (SSSR count). The van der Waals surface area contributed by atoms with Crippen molar-refractivity contribution in [2.45, 2.75) is 78.3 Å². The van der Waals surface area contributed by atoms with E-state index in [1.807, 2.05) is 0 Å². The fourth-order valence-electron chi connectivity index (χ4n) is 2.47. The van der Waals surface area contributed by atoms with Gasteiger partial charge in [0.15, 0.2) is 0 Å². The third-order valence-corrected chi connectivity index (χ3v) is 3.49. The van der Waals surface area contributed by atoms with Crippen LogP contribution < -0.4 is 10.6 Å². The molecule has 0 aliphatic heterocycles. The van der Waals surface area contributed by atoms with Crippen LogP contribution in [-0.4, -0.2) is 37.4 Å². The number of hydrogen-bond donors (Lipinski definition) is 2. The first-order valence-corrected chi connectivity index (χ1v) is 7.91. The first-order chi connectivity index (χ1) is 8.83. The minimum absolute atomic E-state index is 0.241. The van der Waals surface area contributed by atoms with Crippen LogP contribution in [0.2, 0.25) is 0 Å². The van der Waals surface area contributed by atoms with Gasteiger partial charge >= 0.3 is 0 Å². The summed E-state index contributed by atoms with van der Waals surface area (Å²) in [6, 6.07) is 0. The van der Waals surface area contributed by atoms with Crippen molar-refractivity contribution < 1.29 is 4.74 Å². The lowest BCUT2D eigenvalue weighted by Crippen LogP contribution is -2.39. The first-order valence-electron chi connectivity index (χ1n) is 7.91. The van der Waals surface area contributed by atoms with Gasteiger partial charge in [0.25, 0.3) is 0 Å². The van der Waals surface area contributed by atoms with Gasteiger partial charge in [-0.3, -0.25) is 0 Å². The van der Waals surface area contributed by atoms with E-state index in [0.29, 0.717) is 0 Å². The third kappa shape index (κ3) is 11.4. The zero-order valence-corrected chi connectivity index (χ0v) is 14.1. The lowest BCUT2D eigenvalue weighted by atomic mass is 9.98. The van der Waals surface area contributed by atoms with Gasteiger partial charge in [-0.15, -0.1) is 0 Å². The number of rotatable bonds is 12. The van der Waals surface area contributed by atoms with Crippen LogP contribution in [0.3, 0.4) is 0 Å². The summed E-state index contributed by atoms with van der Waals surface area (Å²) in [7, 11) is 0. The monoisotopic (exact) mass is 272 g/mol. The molecule has 0 spiro atoms. The van der Waals surface area contributed by atoms with E-state index < -0.39 is 0 Å².